The summed E-state index contributed by atoms with van der Waals surface area (Å²) in [4.78, 5) is 16.6. The van der Waals surface area contributed by atoms with Gasteiger partial charge in [0.2, 0.25) is 5.91 Å². The zero-order valence-corrected chi connectivity index (χ0v) is 16.7. The van der Waals surface area contributed by atoms with Crippen molar-refractivity contribution < 1.29 is 9.18 Å². The number of amides is 1. The summed E-state index contributed by atoms with van der Waals surface area (Å²) in [7, 11) is 1.88. The number of carbonyl (C=O) groups excluding carboxylic acids is 1. The highest BCUT2D eigenvalue weighted by Crippen LogP contribution is 2.16. The van der Waals surface area contributed by atoms with E-state index in [1.807, 2.05) is 42.8 Å². The van der Waals surface area contributed by atoms with Gasteiger partial charge in [-0.2, -0.15) is 0 Å². The average molecular weight is 413 g/mol. The van der Waals surface area contributed by atoms with Crippen LogP contribution in [0.15, 0.2) is 42.5 Å². The summed E-state index contributed by atoms with van der Waals surface area (Å²) >= 11 is 0. The lowest BCUT2D eigenvalue weighted by atomic mass is 10.1. The molecular weight excluding hydrogens is 390 g/mol. The predicted octanol–water partition coefficient (Wildman–Crippen LogP) is 3.22. The van der Waals surface area contributed by atoms with Crippen molar-refractivity contribution in [2.75, 3.05) is 6.54 Å². The number of hydrogen-bond acceptors (Lipinski definition) is 3. The molecule has 3 rings (SSSR count). The number of carbonyl (C=O) groups is 1. The number of nitrogens with two attached hydrogens (primary N) is 1. The van der Waals surface area contributed by atoms with Crippen molar-refractivity contribution in [1.82, 2.24) is 14.9 Å². The van der Waals surface area contributed by atoms with Gasteiger partial charge in [-0.3, -0.25) is 4.79 Å². The summed E-state index contributed by atoms with van der Waals surface area (Å²) < 4.78 is 15.2. The molecule has 1 amide bonds. The molecule has 5 nitrogen and oxygen atoms in total. The van der Waals surface area contributed by atoms with E-state index in [4.69, 9.17) is 5.73 Å². The van der Waals surface area contributed by atoms with E-state index in [2.05, 4.69) is 10.3 Å². The molecule has 0 aliphatic rings. The Morgan fingerprint density at radius 3 is 2.56 bits per heavy atom. The summed E-state index contributed by atoms with van der Waals surface area (Å²) in [6.45, 7) is 2.40. The molecule has 1 unspecified atom stereocenters. The molecule has 0 radical (unpaired) electrons. The van der Waals surface area contributed by atoms with Gasteiger partial charge in [0.1, 0.15) is 17.7 Å². The van der Waals surface area contributed by atoms with Crippen molar-refractivity contribution in [3.05, 3.63) is 65.2 Å². The number of nitrogens with one attached hydrogen (secondary N) is 1. The third kappa shape index (κ3) is 5.19. The number of benzene rings is 2. The van der Waals surface area contributed by atoms with Crippen molar-refractivity contribution in [3.8, 4) is 0 Å². The molecule has 3 N–H and O–H groups in total. The third-order valence-electron chi connectivity index (χ3n) is 4.30. The summed E-state index contributed by atoms with van der Waals surface area (Å²) in [5, 5.41) is 2.84. The highest BCUT2D eigenvalue weighted by Gasteiger charge is 2.15. The highest BCUT2D eigenvalue weighted by atomic mass is 35.5. The van der Waals surface area contributed by atoms with Gasteiger partial charge in [-0.25, -0.2) is 9.37 Å². The van der Waals surface area contributed by atoms with E-state index in [1.54, 1.807) is 6.07 Å². The molecule has 0 saturated heterocycles. The van der Waals surface area contributed by atoms with Crippen molar-refractivity contribution in [2.24, 2.45) is 12.8 Å². The van der Waals surface area contributed by atoms with Gasteiger partial charge in [0, 0.05) is 26.1 Å². The molecule has 0 aliphatic heterocycles. The zero-order chi connectivity index (χ0) is 18.0. The minimum Gasteiger partial charge on any atom is -0.354 e. The third-order valence-corrected chi connectivity index (χ3v) is 4.30. The fourth-order valence-corrected chi connectivity index (χ4v) is 2.78. The topological polar surface area (TPSA) is 72.9 Å². The Balaban J connectivity index is 0.00000182. The molecule has 0 spiro atoms. The maximum Gasteiger partial charge on any atom is 0.241 e. The lowest BCUT2D eigenvalue weighted by molar-refractivity contribution is -0.122. The maximum absolute atomic E-state index is 13.3. The molecule has 1 heterocycles. The summed E-state index contributed by atoms with van der Waals surface area (Å²) in [6, 6.07) is 11.4. The van der Waals surface area contributed by atoms with Crippen molar-refractivity contribution in [1.29, 1.82) is 0 Å². The molecule has 1 atom stereocenters. The number of aryl methyl sites for hydroxylation is 2. The highest BCUT2D eigenvalue weighted by molar-refractivity contribution is 5.85. The Labute approximate surface area is 170 Å². The minimum atomic E-state index is -0.699. The van der Waals surface area contributed by atoms with Crippen LogP contribution < -0.4 is 11.1 Å². The van der Waals surface area contributed by atoms with Crippen LogP contribution in [-0.2, 0) is 18.3 Å². The van der Waals surface area contributed by atoms with Crippen LogP contribution in [0.4, 0.5) is 4.39 Å². The number of hydrogen-bond donors (Lipinski definition) is 2. The summed E-state index contributed by atoms with van der Waals surface area (Å²) in [5.41, 5.74) is 9.37. The van der Waals surface area contributed by atoms with Crippen LogP contribution in [0.2, 0.25) is 0 Å². The van der Waals surface area contributed by atoms with Gasteiger partial charge >= 0.3 is 0 Å². The van der Waals surface area contributed by atoms with Crippen molar-refractivity contribution in [2.45, 2.75) is 19.4 Å². The number of rotatable bonds is 5. The molecule has 2 aromatic carbocycles. The van der Waals surface area contributed by atoms with Crippen LogP contribution in [0.5, 0.6) is 0 Å². The Morgan fingerprint density at radius 1 is 1.22 bits per heavy atom. The SMILES string of the molecule is Cc1ccc(C(N)C(=O)NCCc2nc3cc(F)ccc3n2C)cc1.Cl.Cl. The van der Waals surface area contributed by atoms with E-state index in [9.17, 15) is 9.18 Å². The fraction of sp³-hybridized carbons (Fsp3) is 0.263. The average Bonchev–Trinajstić information content (AvgIpc) is 2.90. The summed E-state index contributed by atoms with van der Waals surface area (Å²) in [5.74, 6) is 0.244. The van der Waals surface area contributed by atoms with Crippen molar-refractivity contribution >= 4 is 41.8 Å². The number of imidazole rings is 1. The normalized spacial score (nSPS) is 11.4. The molecule has 0 bridgehead atoms. The Morgan fingerprint density at radius 2 is 1.89 bits per heavy atom. The van der Waals surface area contributed by atoms with Crippen LogP contribution in [0.25, 0.3) is 11.0 Å². The summed E-state index contributed by atoms with van der Waals surface area (Å²) in [6.07, 6.45) is 0.541. The number of halogens is 3. The van der Waals surface area contributed by atoms with Crippen LogP contribution in [-0.4, -0.2) is 22.0 Å². The monoisotopic (exact) mass is 412 g/mol. The van der Waals surface area contributed by atoms with Gasteiger partial charge in [-0.1, -0.05) is 29.8 Å². The Hall–Kier alpha value is -2.15. The second-order valence-corrected chi connectivity index (χ2v) is 6.15. The predicted molar refractivity (Wildman–Crippen MR) is 110 cm³/mol. The molecule has 8 heteroatoms. The van der Waals surface area contributed by atoms with Gasteiger partial charge in [-0.15, -0.1) is 24.8 Å². The quantitative estimate of drug-likeness (QED) is 0.675. The van der Waals surface area contributed by atoms with Crippen LogP contribution in [0, 0.1) is 12.7 Å². The van der Waals surface area contributed by atoms with Gasteiger partial charge in [-0.05, 0) is 24.6 Å². The standard InChI is InChI=1S/C19H21FN4O.2ClH/c1-12-3-5-13(6-4-12)18(21)19(25)22-10-9-17-23-15-11-14(20)7-8-16(15)24(17)2;;/h3-8,11,18H,9-10,21H2,1-2H3,(H,22,25);2*1H. The largest absolute Gasteiger partial charge is 0.354 e. The molecular formula is C19H23Cl2FN4O. The van der Waals surface area contributed by atoms with E-state index in [-0.39, 0.29) is 36.5 Å². The van der Waals surface area contributed by atoms with Crippen LogP contribution in [0.3, 0.4) is 0 Å². The zero-order valence-electron chi connectivity index (χ0n) is 15.1. The van der Waals surface area contributed by atoms with Gasteiger partial charge in [0.15, 0.2) is 0 Å². The van der Waals surface area contributed by atoms with E-state index in [0.717, 1.165) is 22.5 Å². The number of fused-ring (bicyclic) bond motifs is 1. The molecule has 0 saturated carbocycles. The minimum absolute atomic E-state index is 0. The van der Waals surface area contributed by atoms with Gasteiger partial charge in [0.25, 0.3) is 0 Å². The smallest absolute Gasteiger partial charge is 0.241 e. The second-order valence-electron chi connectivity index (χ2n) is 6.15. The number of aromatic nitrogens is 2. The maximum atomic E-state index is 13.3. The first-order chi connectivity index (χ1) is 12.0. The molecule has 1 aromatic heterocycles. The molecule has 146 valence electrons. The first-order valence-electron chi connectivity index (χ1n) is 8.16. The van der Waals surface area contributed by atoms with E-state index >= 15 is 0 Å². The van der Waals surface area contributed by atoms with E-state index in [1.165, 1.54) is 12.1 Å². The first-order valence-corrected chi connectivity index (χ1v) is 8.16. The second kappa shape index (κ2) is 9.69. The fourth-order valence-electron chi connectivity index (χ4n) is 2.78. The van der Waals surface area contributed by atoms with Crippen molar-refractivity contribution in [3.63, 3.8) is 0 Å². The molecule has 27 heavy (non-hydrogen) atoms. The van der Waals surface area contributed by atoms with E-state index in [0.29, 0.717) is 18.5 Å². The Kier molecular flexibility index (Phi) is 8.21. The molecule has 0 aliphatic carbocycles. The lowest BCUT2D eigenvalue weighted by Crippen LogP contribution is -2.35. The lowest BCUT2D eigenvalue weighted by Gasteiger charge is -2.13. The van der Waals surface area contributed by atoms with Crippen LogP contribution >= 0.6 is 24.8 Å². The van der Waals surface area contributed by atoms with Gasteiger partial charge < -0.3 is 15.6 Å². The van der Waals surface area contributed by atoms with Gasteiger partial charge in [0.05, 0.1) is 11.0 Å². The van der Waals surface area contributed by atoms with E-state index < -0.39 is 6.04 Å². The first kappa shape index (κ1) is 22.9. The molecule has 0 fully saturated rings. The Bertz CT molecular complexity index is 912. The number of nitrogens with zero attached hydrogens (tertiary/aromatic N) is 2. The molecule has 3 aromatic rings. The van der Waals surface area contributed by atoms with Crippen LogP contribution in [0.1, 0.15) is 23.0 Å².